The largest absolute Gasteiger partial charge is 0.494 e. The molecule has 0 radical (unpaired) electrons. The van der Waals surface area contributed by atoms with Crippen LogP contribution in [0.3, 0.4) is 0 Å². The first kappa shape index (κ1) is 30.4. The third-order valence-electron chi connectivity index (χ3n) is 5.77. The highest BCUT2D eigenvalue weighted by atomic mass is 16.5. The molecule has 0 aromatic heterocycles. The number of hydrogen-bond acceptors (Lipinski definition) is 6. The molecule has 0 aliphatic rings. The van der Waals surface area contributed by atoms with Crippen molar-refractivity contribution < 1.29 is 29.0 Å². The van der Waals surface area contributed by atoms with Crippen LogP contribution < -0.4 is 15.4 Å². The summed E-state index contributed by atoms with van der Waals surface area (Å²) in [5.74, 6) is 0.00918. The molecule has 8 heteroatoms. The predicted octanol–water partition coefficient (Wildman–Crippen LogP) is 3.54. The van der Waals surface area contributed by atoms with Crippen molar-refractivity contribution in [2.75, 3.05) is 20.3 Å². The summed E-state index contributed by atoms with van der Waals surface area (Å²) >= 11 is 0. The smallest absolute Gasteiger partial charge is 0.305 e. The molecule has 1 aromatic carbocycles. The molecule has 1 aromatic rings. The van der Waals surface area contributed by atoms with Crippen LogP contribution in [0.5, 0.6) is 5.75 Å². The molecule has 0 saturated heterocycles. The van der Waals surface area contributed by atoms with Gasteiger partial charge >= 0.3 is 5.97 Å². The number of amides is 2. The number of aliphatic hydroxyl groups is 1. The van der Waals surface area contributed by atoms with Gasteiger partial charge in [0.1, 0.15) is 11.8 Å². The summed E-state index contributed by atoms with van der Waals surface area (Å²) in [6, 6.07) is 6.53. The Morgan fingerprint density at radius 1 is 0.943 bits per heavy atom. The number of rotatable bonds is 18. The van der Waals surface area contributed by atoms with E-state index >= 15 is 0 Å². The molecule has 35 heavy (non-hydrogen) atoms. The molecule has 0 spiro atoms. The van der Waals surface area contributed by atoms with E-state index in [0.29, 0.717) is 32.3 Å². The number of esters is 1. The van der Waals surface area contributed by atoms with E-state index in [2.05, 4.69) is 22.3 Å². The lowest BCUT2D eigenvalue weighted by molar-refractivity contribution is -0.140. The van der Waals surface area contributed by atoms with Crippen molar-refractivity contribution in [2.24, 2.45) is 5.92 Å². The van der Waals surface area contributed by atoms with Crippen LogP contribution in [0.2, 0.25) is 0 Å². The molecule has 0 aliphatic carbocycles. The Balaban J connectivity index is 2.49. The second kappa shape index (κ2) is 17.8. The van der Waals surface area contributed by atoms with Crippen LogP contribution >= 0.6 is 0 Å². The topological polar surface area (TPSA) is 114 Å². The van der Waals surface area contributed by atoms with Gasteiger partial charge in [0.15, 0.2) is 0 Å². The van der Waals surface area contributed by atoms with Gasteiger partial charge in [-0.2, -0.15) is 0 Å². The summed E-state index contributed by atoms with van der Waals surface area (Å²) in [4.78, 5) is 36.4. The normalized spacial score (nSPS) is 12.6. The van der Waals surface area contributed by atoms with E-state index < -0.39 is 12.1 Å². The van der Waals surface area contributed by atoms with Crippen molar-refractivity contribution in [2.45, 2.75) is 90.6 Å². The maximum Gasteiger partial charge on any atom is 0.305 e. The summed E-state index contributed by atoms with van der Waals surface area (Å²) in [6.07, 6.45) is 6.38. The number of aliphatic hydroxyl groups excluding tert-OH is 1. The molecule has 2 atom stereocenters. The fraction of sp³-hybridized carbons (Fsp3) is 0.667. The lowest BCUT2D eigenvalue weighted by atomic mass is 10.0. The Hall–Kier alpha value is -2.61. The van der Waals surface area contributed by atoms with Crippen molar-refractivity contribution in [3.8, 4) is 5.75 Å². The number of unbranched alkanes of at least 4 members (excludes halogenated alkanes) is 4. The molecule has 8 nitrogen and oxygen atoms in total. The van der Waals surface area contributed by atoms with Gasteiger partial charge < -0.3 is 25.2 Å². The highest BCUT2D eigenvalue weighted by Gasteiger charge is 2.26. The first-order valence-electron chi connectivity index (χ1n) is 12.8. The zero-order valence-electron chi connectivity index (χ0n) is 21.8. The van der Waals surface area contributed by atoms with Crippen LogP contribution in [0.25, 0.3) is 0 Å². The minimum Gasteiger partial charge on any atom is -0.494 e. The SMILES string of the molecule is CCCCOc1ccc(CC(CO)NC(=O)[C@@H](NC(=O)CCCCCCC(=O)OC)C(C)C)cc1. The van der Waals surface area contributed by atoms with Crippen molar-refractivity contribution in [1.29, 1.82) is 0 Å². The lowest BCUT2D eigenvalue weighted by Crippen LogP contribution is -2.53. The maximum atomic E-state index is 12.9. The van der Waals surface area contributed by atoms with Crippen molar-refractivity contribution >= 4 is 17.8 Å². The number of carbonyl (C=O) groups is 3. The number of hydrogen-bond donors (Lipinski definition) is 3. The standard InChI is InChI=1S/C27H44N2O6/c1-5-6-17-35-23-15-13-21(14-16-23)18-22(19-30)28-27(33)26(20(2)3)29-24(31)11-9-7-8-10-12-25(32)34-4/h13-16,20,22,26,30H,5-12,17-19H2,1-4H3,(H,28,33)(H,29,31)/t22?,26-/m0/s1. The Bertz CT molecular complexity index is 751. The predicted molar refractivity (Wildman–Crippen MR) is 136 cm³/mol. The third kappa shape index (κ3) is 13.2. The van der Waals surface area contributed by atoms with E-state index in [-0.39, 0.29) is 30.3 Å². The minimum atomic E-state index is -0.676. The molecular formula is C27H44N2O6. The molecule has 0 fully saturated rings. The van der Waals surface area contributed by atoms with Gasteiger partial charge in [-0.15, -0.1) is 0 Å². The van der Waals surface area contributed by atoms with Crippen LogP contribution in [0, 0.1) is 5.92 Å². The number of ether oxygens (including phenoxy) is 2. The second-order valence-electron chi connectivity index (χ2n) is 9.22. The summed E-state index contributed by atoms with van der Waals surface area (Å²) in [5.41, 5.74) is 0.976. The molecule has 2 amide bonds. The van der Waals surface area contributed by atoms with Crippen LogP contribution in [0.4, 0.5) is 0 Å². The van der Waals surface area contributed by atoms with Gasteiger partial charge in [-0.1, -0.05) is 52.2 Å². The Labute approximate surface area is 210 Å². The summed E-state index contributed by atoms with van der Waals surface area (Å²) < 4.78 is 10.3. The van der Waals surface area contributed by atoms with E-state index in [1.54, 1.807) is 0 Å². The van der Waals surface area contributed by atoms with Crippen LogP contribution in [-0.4, -0.2) is 55.3 Å². The van der Waals surface area contributed by atoms with Gasteiger partial charge in [0.05, 0.1) is 26.4 Å². The third-order valence-corrected chi connectivity index (χ3v) is 5.77. The summed E-state index contributed by atoms with van der Waals surface area (Å²) in [6.45, 7) is 6.35. The molecule has 0 aliphatic heterocycles. The van der Waals surface area contributed by atoms with Crippen molar-refractivity contribution in [3.63, 3.8) is 0 Å². The Kier molecular flexibility index (Phi) is 15.4. The molecule has 1 rings (SSSR count). The van der Waals surface area contributed by atoms with E-state index in [0.717, 1.165) is 43.4 Å². The lowest BCUT2D eigenvalue weighted by Gasteiger charge is -2.25. The number of carbonyl (C=O) groups excluding carboxylic acids is 3. The number of methoxy groups -OCH3 is 1. The molecule has 0 bridgehead atoms. The van der Waals surface area contributed by atoms with Gasteiger partial charge in [-0.3, -0.25) is 14.4 Å². The molecule has 198 valence electrons. The van der Waals surface area contributed by atoms with E-state index in [9.17, 15) is 19.5 Å². The van der Waals surface area contributed by atoms with Gasteiger partial charge in [-0.05, 0) is 49.3 Å². The quantitative estimate of drug-likeness (QED) is 0.213. The first-order valence-corrected chi connectivity index (χ1v) is 12.8. The van der Waals surface area contributed by atoms with Gasteiger partial charge in [0.25, 0.3) is 0 Å². The molecule has 1 unspecified atom stereocenters. The maximum absolute atomic E-state index is 12.9. The van der Waals surface area contributed by atoms with Crippen LogP contribution in [-0.2, 0) is 25.5 Å². The highest BCUT2D eigenvalue weighted by Crippen LogP contribution is 2.14. The molecule has 0 heterocycles. The van der Waals surface area contributed by atoms with Gasteiger partial charge in [-0.25, -0.2) is 0 Å². The molecule has 3 N–H and O–H groups in total. The first-order chi connectivity index (χ1) is 16.8. The van der Waals surface area contributed by atoms with Crippen molar-refractivity contribution in [3.05, 3.63) is 29.8 Å². The fourth-order valence-corrected chi connectivity index (χ4v) is 3.58. The van der Waals surface area contributed by atoms with E-state index in [4.69, 9.17) is 4.74 Å². The van der Waals surface area contributed by atoms with E-state index in [1.165, 1.54) is 7.11 Å². The van der Waals surface area contributed by atoms with Crippen molar-refractivity contribution in [1.82, 2.24) is 10.6 Å². The van der Waals surface area contributed by atoms with E-state index in [1.807, 2.05) is 38.1 Å². The van der Waals surface area contributed by atoms with Gasteiger partial charge in [0, 0.05) is 12.8 Å². The second-order valence-corrected chi connectivity index (χ2v) is 9.22. The molecule has 0 saturated carbocycles. The number of nitrogens with one attached hydrogen (secondary N) is 2. The minimum absolute atomic E-state index is 0.0992. The summed E-state index contributed by atoms with van der Waals surface area (Å²) in [5, 5.41) is 15.5. The average molecular weight is 493 g/mol. The summed E-state index contributed by atoms with van der Waals surface area (Å²) in [7, 11) is 1.37. The van der Waals surface area contributed by atoms with Crippen LogP contribution in [0.1, 0.15) is 77.7 Å². The Morgan fingerprint density at radius 3 is 2.17 bits per heavy atom. The fourth-order valence-electron chi connectivity index (χ4n) is 3.58. The van der Waals surface area contributed by atoms with Crippen LogP contribution in [0.15, 0.2) is 24.3 Å². The average Bonchev–Trinajstić information content (AvgIpc) is 2.84. The molecular weight excluding hydrogens is 448 g/mol. The number of benzene rings is 1. The Morgan fingerprint density at radius 2 is 1.60 bits per heavy atom. The zero-order chi connectivity index (χ0) is 26.1. The highest BCUT2D eigenvalue weighted by molar-refractivity contribution is 5.88. The zero-order valence-corrected chi connectivity index (χ0v) is 21.8. The van der Waals surface area contributed by atoms with Gasteiger partial charge in [0.2, 0.25) is 11.8 Å². The monoisotopic (exact) mass is 492 g/mol.